The Morgan fingerprint density at radius 1 is 2.00 bits per heavy atom. The molecule has 44 valence electrons. The predicted octanol–water partition coefficient (Wildman–Crippen LogP) is 0.0295. The van der Waals surface area contributed by atoms with Crippen molar-refractivity contribution < 1.29 is 4.89 Å². The van der Waals surface area contributed by atoms with Crippen LogP contribution in [0.2, 0.25) is 0 Å². The van der Waals surface area contributed by atoms with E-state index in [1.54, 1.807) is 6.26 Å². The molecule has 4 N–H and O–H groups in total. The molecular formula is CH7N2OPS2. The predicted molar refractivity (Wildman–Crippen MR) is 37.3 cm³/mol. The summed E-state index contributed by atoms with van der Waals surface area (Å²) < 4.78 is 2.46. The summed E-state index contributed by atoms with van der Waals surface area (Å²) in [6.07, 6.45) is 1.75. The Bertz CT molecular complexity index is 89.7. The van der Waals surface area contributed by atoms with Gasteiger partial charge >= 0.3 is 0 Å². The minimum Gasteiger partial charge on any atom is -0.342 e. The first-order chi connectivity index (χ1) is 3.06. The minimum atomic E-state index is -2.62. The molecule has 0 saturated heterocycles. The van der Waals surface area contributed by atoms with Crippen molar-refractivity contribution in [2.75, 3.05) is 6.26 Å². The molecule has 6 heteroatoms. The van der Waals surface area contributed by atoms with Crippen molar-refractivity contribution in [3.05, 3.63) is 0 Å². The molecule has 0 aliphatic heterocycles. The molecule has 1 atom stereocenters. The molecule has 0 aromatic rings. The SMILES string of the molecule is CSNP(N)(O)=S. The molecule has 0 aliphatic rings. The Morgan fingerprint density at radius 3 is 2.43 bits per heavy atom. The van der Waals surface area contributed by atoms with E-state index in [4.69, 9.17) is 10.4 Å². The maximum absolute atomic E-state index is 8.59. The lowest BCUT2D eigenvalue weighted by molar-refractivity contribution is 0.620. The van der Waals surface area contributed by atoms with E-state index in [1.165, 1.54) is 11.9 Å². The highest BCUT2D eigenvalue weighted by atomic mass is 32.5. The Kier molecular flexibility index (Phi) is 3.40. The summed E-state index contributed by atoms with van der Waals surface area (Å²) in [4.78, 5) is 8.59. The fourth-order valence-electron chi connectivity index (χ4n) is 0.131. The zero-order valence-electron chi connectivity index (χ0n) is 3.79. The molecule has 0 heterocycles. The second-order valence-corrected chi connectivity index (χ2v) is 4.97. The van der Waals surface area contributed by atoms with Gasteiger partial charge in [-0.05, 0) is 18.1 Å². The van der Waals surface area contributed by atoms with Gasteiger partial charge in [0.1, 0.15) is 0 Å². The van der Waals surface area contributed by atoms with Crippen molar-refractivity contribution in [1.82, 2.24) is 4.49 Å². The van der Waals surface area contributed by atoms with Crippen LogP contribution in [0.1, 0.15) is 0 Å². The lowest BCUT2D eigenvalue weighted by atomic mass is 12.0. The number of nitrogens with one attached hydrogen (secondary N) is 1. The summed E-state index contributed by atoms with van der Waals surface area (Å²) in [6.45, 7) is -2.62. The first kappa shape index (κ1) is 7.88. The normalized spacial score (nSPS) is 18.7. The first-order valence-corrected chi connectivity index (χ1v) is 5.53. The van der Waals surface area contributed by atoms with E-state index in [1.807, 2.05) is 0 Å². The Hall–Kier alpha value is 0.880. The molecule has 0 amide bonds. The Balaban J connectivity index is 3.36. The summed E-state index contributed by atoms with van der Waals surface area (Å²) in [6, 6.07) is 0. The van der Waals surface area contributed by atoms with Crippen LogP contribution in [-0.2, 0) is 11.8 Å². The summed E-state index contributed by atoms with van der Waals surface area (Å²) in [5.74, 6) is 0. The average molecular weight is 158 g/mol. The van der Waals surface area contributed by atoms with Crippen LogP contribution in [0.5, 0.6) is 0 Å². The standard InChI is InChI=1S/CH7N2OPS2/c1-7-3-5(2,4)6/h1H3,(H4,2,3,4,6). The van der Waals surface area contributed by atoms with Gasteiger partial charge in [-0.3, -0.25) is 5.50 Å². The molecule has 3 nitrogen and oxygen atoms in total. The van der Waals surface area contributed by atoms with Crippen LogP contribution in [0.15, 0.2) is 0 Å². The zero-order chi connectivity index (χ0) is 5.91. The van der Waals surface area contributed by atoms with Crippen molar-refractivity contribution in [3.63, 3.8) is 0 Å². The van der Waals surface area contributed by atoms with Gasteiger partial charge in [0.15, 0.2) is 0 Å². The van der Waals surface area contributed by atoms with E-state index < -0.39 is 6.57 Å². The second-order valence-electron chi connectivity index (χ2n) is 0.918. The second kappa shape index (κ2) is 3.02. The van der Waals surface area contributed by atoms with E-state index in [9.17, 15) is 0 Å². The monoisotopic (exact) mass is 158 g/mol. The van der Waals surface area contributed by atoms with Gasteiger partial charge in [-0.2, -0.15) is 0 Å². The van der Waals surface area contributed by atoms with Gasteiger partial charge in [0, 0.05) is 0 Å². The van der Waals surface area contributed by atoms with Crippen molar-refractivity contribution in [2.24, 2.45) is 5.50 Å². The minimum absolute atomic E-state index is 1.23. The summed E-state index contributed by atoms with van der Waals surface area (Å²) in [5, 5.41) is 0. The number of rotatable bonds is 2. The third-order valence-corrected chi connectivity index (χ3v) is 2.67. The van der Waals surface area contributed by atoms with E-state index in [0.29, 0.717) is 0 Å². The van der Waals surface area contributed by atoms with E-state index >= 15 is 0 Å². The quantitative estimate of drug-likeness (QED) is 0.391. The van der Waals surface area contributed by atoms with Crippen molar-refractivity contribution in [2.45, 2.75) is 0 Å². The van der Waals surface area contributed by atoms with Crippen LogP contribution in [0.4, 0.5) is 0 Å². The number of nitrogens with two attached hydrogens (primary N) is 1. The first-order valence-electron chi connectivity index (χ1n) is 1.48. The highest BCUT2D eigenvalue weighted by molar-refractivity contribution is 8.16. The van der Waals surface area contributed by atoms with Gasteiger partial charge in [-0.15, -0.1) is 0 Å². The molecular weight excluding hydrogens is 151 g/mol. The fourth-order valence-corrected chi connectivity index (χ4v) is 1.85. The maximum Gasteiger partial charge on any atom is 0.202 e. The van der Waals surface area contributed by atoms with Crippen molar-refractivity contribution >= 4 is 30.3 Å². The van der Waals surface area contributed by atoms with E-state index in [0.717, 1.165) is 0 Å². The summed E-state index contributed by atoms with van der Waals surface area (Å²) >= 11 is 5.63. The highest BCUT2D eigenvalue weighted by Gasteiger charge is 1.98. The molecule has 0 fully saturated rings. The zero-order valence-corrected chi connectivity index (χ0v) is 6.32. The molecule has 0 spiro atoms. The molecule has 0 rings (SSSR count). The van der Waals surface area contributed by atoms with Crippen LogP contribution >= 0.6 is 18.5 Å². The average Bonchev–Trinajstić information content (AvgIpc) is 1.30. The molecule has 0 bridgehead atoms. The van der Waals surface area contributed by atoms with Crippen molar-refractivity contribution in [3.8, 4) is 0 Å². The van der Waals surface area contributed by atoms with Gasteiger partial charge in [-0.1, -0.05) is 11.9 Å². The fraction of sp³-hybridized carbons (Fsp3) is 1.00. The van der Waals surface area contributed by atoms with Gasteiger partial charge in [0.2, 0.25) is 6.57 Å². The highest BCUT2D eigenvalue weighted by Crippen LogP contribution is 2.25. The van der Waals surface area contributed by atoms with E-state index in [2.05, 4.69) is 16.3 Å². The smallest absolute Gasteiger partial charge is 0.202 e. The largest absolute Gasteiger partial charge is 0.342 e. The lowest BCUT2D eigenvalue weighted by Gasteiger charge is -2.05. The van der Waals surface area contributed by atoms with Crippen molar-refractivity contribution in [1.29, 1.82) is 0 Å². The molecule has 0 aromatic carbocycles. The summed E-state index contributed by atoms with van der Waals surface area (Å²) in [5.41, 5.74) is 5.00. The van der Waals surface area contributed by atoms with Crippen LogP contribution in [-0.4, -0.2) is 11.1 Å². The molecule has 0 aromatic heterocycles. The summed E-state index contributed by atoms with van der Waals surface area (Å²) in [7, 11) is 0. The third-order valence-electron chi connectivity index (χ3n) is 0.222. The molecule has 1 unspecified atom stereocenters. The lowest BCUT2D eigenvalue weighted by Crippen LogP contribution is -2.05. The third kappa shape index (κ3) is 6.88. The van der Waals surface area contributed by atoms with Gasteiger partial charge in [-0.25, -0.2) is 4.49 Å². The van der Waals surface area contributed by atoms with Gasteiger partial charge < -0.3 is 4.89 Å². The number of hydrogen-bond acceptors (Lipinski definition) is 2. The Morgan fingerprint density at radius 2 is 2.43 bits per heavy atom. The molecule has 0 saturated carbocycles. The molecule has 0 aliphatic carbocycles. The van der Waals surface area contributed by atoms with E-state index in [-0.39, 0.29) is 0 Å². The van der Waals surface area contributed by atoms with Crippen LogP contribution < -0.4 is 10.00 Å². The molecule has 7 heavy (non-hydrogen) atoms. The number of hydrogen-bond donors (Lipinski definition) is 3. The molecule has 0 radical (unpaired) electrons. The van der Waals surface area contributed by atoms with Crippen LogP contribution in [0.3, 0.4) is 0 Å². The van der Waals surface area contributed by atoms with Gasteiger partial charge in [0.25, 0.3) is 0 Å². The maximum atomic E-state index is 8.59. The van der Waals surface area contributed by atoms with Gasteiger partial charge in [0.05, 0.1) is 0 Å². The topological polar surface area (TPSA) is 58.3 Å². The van der Waals surface area contributed by atoms with Crippen LogP contribution in [0, 0.1) is 0 Å². The Labute approximate surface area is 52.0 Å². The van der Waals surface area contributed by atoms with Crippen LogP contribution in [0.25, 0.3) is 0 Å².